The predicted octanol–water partition coefficient (Wildman–Crippen LogP) is 3.45. The molecule has 0 saturated carbocycles. The Morgan fingerprint density at radius 2 is 1.91 bits per heavy atom. The summed E-state index contributed by atoms with van der Waals surface area (Å²) in [5.41, 5.74) is 0.277. The first-order chi connectivity index (χ1) is 11.0. The SMILES string of the molecule is O=C(Cn1nc(Cl)c2ccccc2c1=O)Nc1cccc(Br)c1. The van der Waals surface area contributed by atoms with Gasteiger partial charge in [0.25, 0.3) is 5.56 Å². The van der Waals surface area contributed by atoms with E-state index in [4.69, 9.17) is 11.6 Å². The van der Waals surface area contributed by atoms with E-state index in [2.05, 4.69) is 26.3 Å². The van der Waals surface area contributed by atoms with Gasteiger partial charge in [0.2, 0.25) is 5.91 Å². The molecular weight excluding hydrogens is 382 g/mol. The lowest BCUT2D eigenvalue weighted by Crippen LogP contribution is -2.29. The van der Waals surface area contributed by atoms with Crippen molar-refractivity contribution in [3.05, 3.63) is 68.5 Å². The summed E-state index contributed by atoms with van der Waals surface area (Å²) in [5, 5.41) is 7.91. The molecule has 23 heavy (non-hydrogen) atoms. The molecule has 1 heterocycles. The molecule has 7 heteroatoms. The number of aromatic nitrogens is 2. The Morgan fingerprint density at radius 3 is 2.65 bits per heavy atom. The van der Waals surface area contributed by atoms with Gasteiger partial charge in [-0.05, 0) is 24.3 Å². The van der Waals surface area contributed by atoms with Gasteiger partial charge in [0.05, 0.1) is 5.39 Å². The van der Waals surface area contributed by atoms with Crippen LogP contribution in [0.25, 0.3) is 10.8 Å². The van der Waals surface area contributed by atoms with Crippen LogP contribution in [0.4, 0.5) is 5.69 Å². The molecule has 1 aromatic heterocycles. The Balaban J connectivity index is 1.88. The number of halogens is 2. The standard InChI is InChI=1S/C16H11BrClN3O2/c17-10-4-3-5-11(8-10)19-14(22)9-21-16(23)13-7-2-1-6-12(13)15(18)20-21/h1-8H,9H2,(H,19,22). The minimum Gasteiger partial charge on any atom is -0.324 e. The van der Waals surface area contributed by atoms with Crippen LogP contribution < -0.4 is 10.9 Å². The molecule has 0 unspecified atom stereocenters. The Bertz CT molecular complexity index is 955. The molecule has 3 aromatic rings. The second-order valence-corrected chi connectivity index (χ2v) is 6.13. The molecule has 0 bridgehead atoms. The van der Waals surface area contributed by atoms with Crippen molar-refractivity contribution in [3.8, 4) is 0 Å². The summed E-state index contributed by atoms with van der Waals surface area (Å²) in [6, 6.07) is 14.1. The first kappa shape index (κ1) is 15.7. The van der Waals surface area contributed by atoms with E-state index in [0.717, 1.165) is 9.15 Å². The fourth-order valence-electron chi connectivity index (χ4n) is 2.20. The molecular formula is C16H11BrClN3O2. The Morgan fingerprint density at radius 1 is 1.17 bits per heavy atom. The summed E-state index contributed by atoms with van der Waals surface area (Å²) < 4.78 is 1.91. The summed E-state index contributed by atoms with van der Waals surface area (Å²) in [4.78, 5) is 24.5. The van der Waals surface area contributed by atoms with Crippen molar-refractivity contribution in [3.63, 3.8) is 0 Å². The van der Waals surface area contributed by atoms with Crippen LogP contribution in [0.2, 0.25) is 5.15 Å². The maximum absolute atomic E-state index is 12.4. The zero-order chi connectivity index (χ0) is 16.4. The fourth-order valence-corrected chi connectivity index (χ4v) is 2.86. The molecule has 0 aliphatic rings. The van der Waals surface area contributed by atoms with Crippen LogP contribution in [0.1, 0.15) is 0 Å². The second-order valence-electron chi connectivity index (χ2n) is 4.86. The molecule has 0 aliphatic heterocycles. The lowest BCUT2D eigenvalue weighted by atomic mass is 10.2. The number of fused-ring (bicyclic) bond motifs is 1. The lowest BCUT2D eigenvalue weighted by molar-refractivity contribution is -0.117. The van der Waals surface area contributed by atoms with Gasteiger partial charge >= 0.3 is 0 Å². The Hall–Kier alpha value is -2.18. The molecule has 0 saturated heterocycles. The van der Waals surface area contributed by atoms with E-state index < -0.39 is 0 Å². The van der Waals surface area contributed by atoms with Gasteiger partial charge in [-0.15, -0.1) is 0 Å². The number of nitrogens with zero attached hydrogens (tertiary/aromatic N) is 2. The number of nitrogens with one attached hydrogen (secondary N) is 1. The minimum absolute atomic E-state index is 0.190. The quantitative estimate of drug-likeness (QED) is 0.742. The van der Waals surface area contributed by atoms with Crippen molar-refractivity contribution in [2.45, 2.75) is 6.54 Å². The van der Waals surface area contributed by atoms with Crippen molar-refractivity contribution in [1.82, 2.24) is 9.78 Å². The van der Waals surface area contributed by atoms with E-state index in [-0.39, 0.29) is 23.2 Å². The summed E-state index contributed by atoms with van der Waals surface area (Å²) in [5.74, 6) is -0.357. The van der Waals surface area contributed by atoms with Crippen LogP contribution in [-0.4, -0.2) is 15.7 Å². The van der Waals surface area contributed by atoms with Crippen LogP contribution in [0, 0.1) is 0 Å². The molecule has 3 rings (SSSR count). The third-order valence-corrected chi connectivity index (χ3v) is 4.00. The molecule has 0 atom stereocenters. The molecule has 116 valence electrons. The highest BCUT2D eigenvalue weighted by Crippen LogP contribution is 2.18. The van der Waals surface area contributed by atoms with Gasteiger partial charge < -0.3 is 5.32 Å². The van der Waals surface area contributed by atoms with Gasteiger partial charge in [-0.3, -0.25) is 9.59 Å². The van der Waals surface area contributed by atoms with Gasteiger partial charge in [-0.25, -0.2) is 4.68 Å². The highest BCUT2D eigenvalue weighted by molar-refractivity contribution is 9.10. The first-order valence-electron chi connectivity index (χ1n) is 6.75. The monoisotopic (exact) mass is 391 g/mol. The maximum Gasteiger partial charge on any atom is 0.275 e. The van der Waals surface area contributed by atoms with Crippen molar-refractivity contribution >= 4 is 49.9 Å². The van der Waals surface area contributed by atoms with Crippen LogP contribution >= 0.6 is 27.5 Å². The molecule has 5 nitrogen and oxygen atoms in total. The normalized spacial score (nSPS) is 10.7. The number of hydrogen-bond acceptors (Lipinski definition) is 3. The molecule has 2 aromatic carbocycles. The first-order valence-corrected chi connectivity index (χ1v) is 7.92. The third-order valence-electron chi connectivity index (χ3n) is 3.22. The second kappa shape index (κ2) is 6.52. The minimum atomic E-state index is -0.357. The molecule has 1 N–H and O–H groups in total. The average molecular weight is 393 g/mol. The fraction of sp³-hybridized carbons (Fsp3) is 0.0625. The number of carbonyl (C=O) groups excluding carboxylic acids is 1. The third kappa shape index (κ3) is 3.43. The van der Waals surface area contributed by atoms with E-state index in [1.54, 1.807) is 42.5 Å². The van der Waals surface area contributed by atoms with Gasteiger partial charge in [-0.1, -0.05) is 51.8 Å². The number of carbonyl (C=O) groups is 1. The summed E-state index contributed by atoms with van der Waals surface area (Å²) in [7, 11) is 0. The van der Waals surface area contributed by atoms with Crippen molar-refractivity contribution in [2.24, 2.45) is 0 Å². The van der Waals surface area contributed by atoms with E-state index in [1.807, 2.05) is 6.07 Å². The summed E-state index contributed by atoms with van der Waals surface area (Å²) in [6.45, 7) is -0.212. The van der Waals surface area contributed by atoms with Gasteiger partial charge in [0.1, 0.15) is 6.54 Å². The van der Waals surface area contributed by atoms with E-state index >= 15 is 0 Å². The number of amides is 1. The van der Waals surface area contributed by atoms with E-state index in [9.17, 15) is 9.59 Å². The number of hydrogen-bond donors (Lipinski definition) is 1. The summed E-state index contributed by atoms with van der Waals surface area (Å²) >= 11 is 9.42. The predicted molar refractivity (Wildman–Crippen MR) is 93.8 cm³/mol. The van der Waals surface area contributed by atoms with E-state index in [0.29, 0.717) is 16.5 Å². The number of anilines is 1. The van der Waals surface area contributed by atoms with Crippen LogP contribution in [0.3, 0.4) is 0 Å². The van der Waals surface area contributed by atoms with Gasteiger partial charge in [0, 0.05) is 15.5 Å². The zero-order valence-electron chi connectivity index (χ0n) is 11.8. The largest absolute Gasteiger partial charge is 0.324 e. The summed E-state index contributed by atoms with van der Waals surface area (Å²) in [6.07, 6.45) is 0. The van der Waals surface area contributed by atoms with Gasteiger partial charge in [-0.2, -0.15) is 5.10 Å². The van der Waals surface area contributed by atoms with E-state index in [1.165, 1.54) is 0 Å². The van der Waals surface area contributed by atoms with Crippen LogP contribution in [0.5, 0.6) is 0 Å². The zero-order valence-corrected chi connectivity index (χ0v) is 14.1. The molecule has 0 fully saturated rings. The Labute approximate surface area is 145 Å². The lowest BCUT2D eigenvalue weighted by Gasteiger charge is -2.09. The highest BCUT2D eigenvalue weighted by atomic mass is 79.9. The smallest absolute Gasteiger partial charge is 0.275 e. The van der Waals surface area contributed by atoms with Crippen LogP contribution in [-0.2, 0) is 11.3 Å². The van der Waals surface area contributed by atoms with Crippen molar-refractivity contribution in [2.75, 3.05) is 5.32 Å². The maximum atomic E-state index is 12.4. The number of rotatable bonds is 3. The van der Waals surface area contributed by atoms with Crippen molar-refractivity contribution < 1.29 is 4.79 Å². The van der Waals surface area contributed by atoms with Crippen LogP contribution in [0.15, 0.2) is 57.8 Å². The Kier molecular flexibility index (Phi) is 4.45. The molecule has 1 amide bonds. The van der Waals surface area contributed by atoms with Crippen molar-refractivity contribution in [1.29, 1.82) is 0 Å². The topological polar surface area (TPSA) is 64.0 Å². The molecule has 0 aliphatic carbocycles. The number of benzene rings is 2. The average Bonchev–Trinajstić information content (AvgIpc) is 2.52. The molecule has 0 radical (unpaired) electrons. The molecule has 0 spiro atoms. The van der Waals surface area contributed by atoms with Gasteiger partial charge in [0.15, 0.2) is 5.15 Å². The highest BCUT2D eigenvalue weighted by Gasteiger charge is 2.11.